The molecule has 1 aromatic carbocycles. The van der Waals surface area contributed by atoms with Crippen molar-refractivity contribution in [2.75, 3.05) is 13.2 Å². The lowest BCUT2D eigenvalue weighted by atomic mass is 10.2. The first-order chi connectivity index (χ1) is 9.08. The molecule has 1 unspecified atom stereocenters. The fourth-order valence-corrected chi connectivity index (χ4v) is 1.35. The highest BCUT2D eigenvalue weighted by molar-refractivity contribution is 5.70. The van der Waals surface area contributed by atoms with Crippen LogP contribution in [0.15, 0.2) is 30.3 Å². The van der Waals surface area contributed by atoms with Crippen molar-refractivity contribution in [3.8, 4) is 0 Å². The Bertz CT molecular complexity index is 407. The van der Waals surface area contributed by atoms with E-state index >= 15 is 0 Å². The van der Waals surface area contributed by atoms with E-state index < -0.39 is 12.1 Å². The van der Waals surface area contributed by atoms with Gasteiger partial charge in [0.05, 0.1) is 12.6 Å². The number of ether oxygens (including phenoxy) is 2. The van der Waals surface area contributed by atoms with E-state index in [0.717, 1.165) is 5.56 Å². The van der Waals surface area contributed by atoms with Gasteiger partial charge in [-0.15, -0.1) is 0 Å². The summed E-state index contributed by atoms with van der Waals surface area (Å²) < 4.78 is 10.0. The van der Waals surface area contributed by atoms with Crippen molar-refractivity contribution in [3.05, 3.63) is 35.9 Å². The third-order valence-corrected chi connectivity index (χ3v) is 2.20. The van der Waals surface area contributed by atoms with Gasteiger partial charge in [-0.25, -0.2) is 9.59 Å². The summed E-state index contributed by atoms with van der Waals surface area (Å²) in [5.41, 5.74) is 0.900. The molecule has 1 atom stereocenters. The van der Waals surface area contributed by atoms with Crippen LogP contribution in [0, 0.1) is 0 Å². The molecule has 0 saturated carbocycles. The Morgan fingerprint density at radius 3 is 2.63 bits per heavy atom. The Kier molecular flexibility index (Phi) is 6.38. The molecule has 0 aliphatic heterocycles. The lowest BCUT2D eigenvalue weighted by molar-refractivity contribution is -0.150. The fourth-order valence-electron chi connectivity index (χ4n) is 1.35. The van der Waals surface area contributed by atoms with Gasteiger partial charge in [0.2, 0.25) is 0 Å². The molecule has 19 heavy (non-hydrogen) atoms. The van der Waals surface area contributed by atoms with Crippen LogP contribution in [0.5, 0.6) is 0 Å². The van der Waals surface area contributed by atoms with Crippen LogP contribution >= 0.6 is 0 Å². The smallest absolute Gasteiger partial charge is 0.404 e. The molecule has 0 fully saturated rings. The van der Waals surface area contributed by atoms with E-state index in [1.54, 1.807) is 6.92 Å². The average Bonchev–Trinajstić information content (AvgIpc) is 2.36. The summed E-state index contributed by atoms with van der Waals surface area (Å²) in [6.45, 7) is 1.76. The van der Waals surface area contributed by atoms with Gasteiger partial charge in [0.1, 0.15) is 13.2 Å². The quantitative estimate of drug-likeness (QED) is 0.729. The largest absolute Gasteiger partial charge is 0.465 e. The highest BCUT2D eigenvalue weighted by Crippen LogP contribution is 2.00. The number of hydrogen-bond donors (Lipinski definition) is 2. The molecule has 0 aliphatic carbocycles. The second-order valence-corrected chi connectivity index (χ2v) is 4.01. The third-order valence-electron chi connectivity index (χ3n) is 2.20. The molecule has 2 N–H and O–H groups in total. The van der Waals surface area contributed by atoms with Crippen LogP contribution < -0.4 is 5.32 Å². The molecule has 1 aromatic rings. The van der Waals surface area contributed by atoms with E-state index in [0.29, 0.717) is 0 Å². The minimum Gasteiger partial charge on any atom is -0.465 e. The van der Waals surface area contributed by atoms with E-state index in [1.165, 1.54) is 0 Å². The summed E-state index contributed by atoms with van der Waals surface area (Å²) in [5.74, 6) is -0.480. The molecule has 0 aromatic heterocycles. The Labute approximate surface area is 111 Å². The summed E-state index contributed by atoms with van der Waals surface area (Å²) in [4.78, 5) is 21.6. The molecule has 6 nitrogen and oxygen atoms in total. The predicted octanol–water partition coefficient (Wildman–Crippen LogP) is 1.40. The molecular formula is C13H17NO5. The first-order valence-electron chi connectivity index (χ1n) is 5.84. The molecule has 6 heteroatoms. The number of amides is 1. The third kappa shape index (κ3) is 7.05. The highest BCUT2D eigenvalue weighted by atomic mass is 16.6. The maximum atomic E-state index is 11.3. The lowest BCUT2D eigenvalue weighted by Crippen LogP contribution is -2.35. The van der Waals surface area contributed by atoms with E-state index in [2.05, 4.69) is 5.32 Å². The molecule has 0 spiro atoms. The molecule has 0 saturated heterocycles. The van der Waals surface area contributed by atoms with Crippen molar-refractivity contribution in [3.63, 3.8) is 0 Å². The Morgan fingerprint density at radius 1 is 1.32 bits per heavy atom. The van der Waals surface area contributed by atoms with Crippen LogP contribution in [0.3, 0.4) is 0 Å². The topological polar surface area (TPSA) is 84.9 Å². The molecule has 1 rings (SSSR count). The van der Waals surface area contributed by atoms with Crippen LogP contribution in [0.1, 0.15) is 12.5 Å². The Balaban J connectivity index is 2.13. The van der Waals surface area contributed by atoms with Gasteiger partial charge in [-0.05, 0) is 12.5 Å². The summed E-state index contributed by atoms with van der Waals surface area (Å²) >= 11 is 0. The lowest BCUT2D eigenvalue weighted by Gasteiger charge is -2.11. The van der Waals surface area contributed by atoms with E-state index in [-0.39, 0.29) is 25.9 Å². The van der Waals surface area contributed by atoms with Gasteiger partial charge in [-0.3, -0.25) is 0 Å². The van der Waals surface area contributed by atoms with E-state index in [9.17, 15) is 9.59 Å². The first kappa shape index (κ1) is 15.0. The summed E-state index contributed by atoms with van der Waals surface area (Å²) in [5, 5.41) is 10.7. The van der Waals surface area contributed by atoms with Gasteiger partial charge < -0.3 is 19.9 Å². The minimum atomic E-state index is -1.12. The summed E-state index contributed by atoms with van der Waals surface area (Å²) in [7, 11) is 0. The molecule has 0 radical (unpaired) electrons. The normalized spacial score (nSPS) is 11.6. The van der Waals surface area contributed by atoms with Gasteiger partial charge in [0, 0.05) is 0 Å². The van der Waals surface area contributed by atoms with Crippen LogP contribution in [0.2, 0.25) is 0 Å². The van der Waals surface area contributed by atoms with Gasteiger partial charge in [0.15, 0.2) is 0 Å². The molecule has 0 aliphatic rings. The maximum Gasteiger partial charge on any atom is 0.404 e. The monoisotopic (exact) mass is 267 g/mol. The minimum absolute atomic E-state index is 0.118. The van der Waals surface area contributed by atoms with E-state index in [1.807, 2.05) is 30.3 Å². The highest BCUT2D eigenvalue weighted by Gasteiger charge is 2.08. The number of rotatable bonds is 7. The molecule has 1 amide bonds. The van der Waals surface area contributed by atoms with Crippen molar-refractivity contribution in [2.24, 2.45) is 0 Å². The number of carboxylic acid groups (broad SMARTS) is 1. The standard InChI is InChI=1S/C13H17NO5/c1-10(14-13(16)17)7-18-9-12(15)19-8-11-5-3-2-4-6-11/h2-6,10,14H,7-9H2,1H3,(H,16,17). The molecular weight excluding hydrogens is 250 g/mol. The van der Waals surface area contributed by atoms with Crippen LogP contribution in [0.25, 0.3) is 0 Å². The fraction of sp³-hybridized carbons (Fsp3) is 0.385. The van der Waals surface area contributed by atoms with Crippen LogP contribution in [-0.2, 0) is 20.9 Å². The summed E-state index contributed by atoms with van der Waals surface area (Å²) in [6, 6.07) is 8.93. The van der Waals surface area contributed by atoms with Crippen molar-refractivity contribution in [2.45, 2.75) is 19.6 Å². The number of carbonyl (C=O) groups is 2. The zero-order valence-electron chi connectivity index (χ0n) is 10.7. The SMILES string of the molecule is CC(COCC(=O)OCc1ccccc1)NC(=O)O. The second-order valence-electron chi connectivity index (χ2n) is 4.01. The van der Waals surface area contributed by atoms with Crippen LogP contribution in [0.4, 0.5) is 4.79 Å². The predicted molar refractivity (Wildman–Crippen MR) is 67.7 cm³/mol. The number of carbonyl (C=O) groups excluding carboxylic acids is 1. The first-order valence-corrected chi connectivity index (χ1v) is 5.84. The van der Waals surface area contributed by atoms with Gasteiger partial charge in [-0.1, -0.05) is 30.3 Å². The maximum absolute atomic E-state index is 11.3. The second kappa shape index (κ2) is 8.10. The molecule has 0 bridgehead atoms. The van der Waals surface area contributed by atoms with Crippen molar-refractivity contribution in [1.82, 2.24) is 5.32 Å². The summed E-state index contributed by atoms with van der Waals surface area (Å²) in [6.07, 6.45) is -1.12. The number of hydrogen-bond acceptors (Lipinski definition) is 4. The zero-order chi connectivity index (χ0) is 14.1. The molecule has 0 heterocycles. The average molecular weight is 267 g/mol. The number of esters is 1. The molecule has 104 valence electrons. The Morgan fingerprint density at radius 2 is 2.00 bits per heavy atom. The zero-order valence-corrected chi connectivity index (χ0v) is 10.7. The van der Waals surface area contributed by atoms with Crippen molar-refractivity contribution < 1.29 is 24.2 Å². The van der Waals surface area contributed by atoms with Crippen LogP contribution in [-0.4, -0.2) is 36.4 Å². The number of benzene rings is 1. The van der Waals surface area contributed by atoms with Crippen molar-refractivity contribution in [1.29, 1.82) is 0 Å². The van der Waals surface area contributed by atoms with E-state index in [4.69, 9.17) is 14.6 Å². The van der Waals surface area contributed by atoms with Gasteiger partial charge in [-0.2, -0.15) is 0 Å². The number of nitrogens with one attached hydrogen (secondary N) is 1. The van der Waals surface area contributed by atoms with Gasteiger partial charge in [0.25, 0.3) is 0 Å². The van der Waals surface area contributed by atoms with Gasteiger partial charge >= 0.3 is 12.1 Å². The van der Waals surface area contributed by atoms with Crippen molar-refractivity contribution >= 4 is 12.1 Å². The Hall–Kier alpha value is -2.08.